The molecule has 172 valence electrons. The second-order valence-corrected chi connectivity index (χ2v) is 11.0. The molecule has 3 heterocycles. The van der Waals surface area contributed by atoms with Gasteiger partial charge in [0.15, 0.2) is 0 Å². The minimum atomic E-state index is 0.0481. The topological polar surface area (TPSA) is 63.7 Å². The molecule has 2 atom stereocenters. The van der Waals surface area contributed by atoms with Crippen molar-refractivity contribution in [3.8, 4) is 0 Å². The zero-order chi connectivity index (χ0) is 22.2. The number of benzene rings is 1. The number of carbonyl (C=O) groups is 1. The first-order valence-electron chi connectivity index (χ1n) is 11.7. The smallest absolute Gasteiger partial charge is 0.224 e. The number of fused-ring (bicyclic) bond motifs is 1. The monoisotopic (exact) mass is 473 g/mol. The van der Waals surface area contributed by atoms with Gasteiger partial charge in [0.2, 0.25) is 5.91 Å². The van der Waals surface area contributed by atoms with Crippen LogP contribution in [0.15, 0.2) is 23.2 Å². The molecule has 1 aromatic carbocycles. The lowest BCUT2D eigenvalue weighted by Crippen LogP contribution is -2.35. The van der Waals surface area contributed by atoms with E-state index in [2.05, 4.69) is 35.4 Å². The molecule has 1 saturated carbocycles. The molecular formula is C24H32ClN5OS. The van der Waals surface area contributed by atoms with Crippen LogP contribution in [0.1, 0.15) is 44.2 Å². The largest absolute Gasteiger partial charge is 0.381 e. The predicted molar refractivity (Wildman–Crippen MR) is 135 cm³/mol. The maximum atomic E-state index is 12.8. The molecule has 1 aromatic heterocycles. The molecule has 1 amide bonds. The van der Waals surface area contributed by atoms with E-state index in [1.54, 1.807) is 11.8 Å². The molecule has 5 rings (SSSR count). The Morgan fingerprint density at radius 2 is 2.09 bits per heavy atom. The Balaban J connectivity index is 1.29. The molecule has 2 fully saturated rings. The predicted octanol–water partition coefficient (Wildman–Crippen LogP) is 4.59. The highest BCUT2D eigenvalue weighted by Crippen LogP contribution is 2.34. The van der Waals surface area contributed by atoms with Crippen LogP contribution < -0.4 is 5.32 Å². The second-order valence-electron chi connectivity index (χ2n) is 9.58. The number of thioether (sulfide) groups is 1. The van der Waals surface area contributed by atoms with Crippen molar-refractivity contribution in [3.05, 3.63) is 28.9 Å². The van der Waals surface area contributed by atoms with Crippen molar-refractivity contribution in [2.45, 2.75) is 56.7 Å². The molecule has 6 nitrogen and oxygen atoms in total. The number of amides is 1. The lowest BCUT2D eigenvalue weighted by molar-refractivity contribution is -0.130. The number of aliphatic imine (C=N–C) groups is 1. The third-order valence-electron chi connectivity index (χ3n) is 7.01. The Kier molecular flexibility index (Phi) is 6.41. The number of rotatable bonds is 6. The van der Waals surface area contributed by atoms with Gasteiger partial charge in [0.25, 0.3) is 0 Å². The van der Waals surface area contributed by atoms with E-state index in [0.717, 1.165) is 57.6 Å². The fourth-order valence-electron chi connectivity index (χ4n) is 5.11. The number of likely N-dealkylation sites (N-methyl/N-ethyl adjacent to an activating group) is 1. The molecule has 2 N–H and O–H groups in total. The van der Waals surface area contributed by atoms with Crippen molar-refractivity contribution in [2.24, 2.45) is 4.99 Å². The number of aromatic nitrogens is 1. The van der Waals surface area contributed by atoms with E-state index in [4.69, 9.17) is 16.6 Å². The number of anilines is 1. The SMILES string of the molecule is CN(C)C1CCN(C(=O)CC2CSC(c3cc4cc(Cl)cc(NC5CCCC5)c4[nH]3)=N2)C1. The molecule has 1 saturated heterocycles. The molecule has 2 aromatic rings. The van der Waals surface area contributed by atoms with Crippen molar-refractivity contribution in [1.29, 1.82) is 0 Å². The van der Waals surface area contributed by atoms with Gasteiger partial charge in [-0.1, -0.05) is 24.4 Å². The Hall–Kier alpha value is -1.70. The van der Waals surface area contributed by atoms with Gasteiger partial charge in [0.05, 0.1) is 29.4 Å². The number of hydrogen-bond acceptors (Lipinski definition) is 5. The van der Waals surface area contributed by atoms with Gasteiger partial charge in [-0.2, -0.15) is 0 Å². The molecule has 1 aliphatic carbocycles. The zero-order valence-electron chi connectivity index (χ0n) is 18.9. The summed E-state index contributed by atoms with van der Waals surface area (Å²) in [5.74, 6) is 1.09. The minimum Gasteiger partial charge on any atom is -0.381 e. The Bertz CT molecular complexity index is 1030. The van der Waals surface area contributed by atoms with Gasteiger partial charge >= 0.3 is 0 Å². The number of carbonyl (C=O) groups excluding carboxylic acids is 1. The Labute approximate surface area is 199 Å². The van der Waals surface area contributed by atoms with Gasteiger partial charge in [-0.25, -0.2) is 0 Å². The molecule has 8 heteroatoms. The maximum absolute atomic E-state index is 12.8. The van der Waals surface area contributed by atoms with Crippen LogP contribution in [-0.4, -0.2) is 76.8 Å². The van der Waals surface area contributed by atoms with Crippen molar-refractivity contribution < 1.29 is 4.79 Å². The number of halogens is 1. The highest BCUT2D eigenvalue weighted by atomic mass is 35.5. The molecule has 0 bridgehead atoms. The van der Waals surface area contributed by atoms with Crippen molar-refractivity contribution in [3.63, 3.8) is 0 Å². The van der Waals surface area contributed by atoms with Crippen LogP contribution in [0.2, 0.25) is 5.02 Å². The first-order valence-corrected chi connectivity index (χ1v) is 13.1. The summed E-state index contributed by atoms with van der Waals surface area (Å²) in [5, 5.41) is 6.53. The van der Waals surface area contributed by atoms with E-state index in [-0.39, 0.29) is 11.9 Å². The number of nitrogens with zero attached hydrogens (tertiary/aromatic N) is 3. The van der Waals surface area contributed by atoms with Gasteiger partial charge in [-0.3, -0.25) is 9.79 Å². The number of H-pyrrole nitrogens is 1. The van der Waals surface area contributed by atoms with Gasteiger partial charge in [-0.15, -0.1) is 11.8 Å². The lowest BCUT2D eigenvalue weighted by atomic mass is 10.2. The fraction of sp³-hybridized carbons (Fsp3) is 0.583. The summed E-state index contributed by atoms with van der Waals surface area (Å²) in [6, 6.07) is 7.21. The first kappa shape index (κ1) is 22.1. The van der Waals surface area contributed by atoms with E-state index in [1.165, 1.54) is 25.7 Å². The highest BCUT2D eigenvalue weighted by molar-refractivity contribution is 8.14. The van der Waals surface area contributed by atoms with Crippen LogP contribution in [-0.2, 0) is 4.79 Å². The fourth-order valence-corrected chi connectivity index (χ4v) is 6.37. The molecule has 2 aliphatic heterocycles. The summed E-state index contributed by atoms with van der Waals surface area (Å²) >= 11 is 8.15. The summed E-state index contributed by atoms with van der Waals surface area (Å²) in [7, 11) is 4.18. The summed E-state index contributed by atoms with van der Waals surface area (Å²) in [4.78, 5) is 25.5. The summed E-state index contributed by atoms with van der Waals surface area (Å²) in [6.45, 7) is 1.69. The van der Waals surface area contributed by atoms with Crippen molar-refractivity contribution in [2.75, 3.05) is 38.3 Å². The maximum Gasteiger partial charge on any atom is 0.224 e. The zero-order valence-corrected chi connectivity index (χ0v) is 20.4. The van der Waals surface area contributed by atoms with Crippen molar-refractivity contribution >= 4 is 50.9 Å². The van der Waals surface area contributed by atoms with Crippen LogP contribution in [0.4, 0.5) is 5.69 Å². The summed E-state index contributed by atoms with van der Waals surface area (Å²) < 4.78 is 0. The summed E-state index contributed by atoms with van der Waals surface area (Å²) in [5.41, 5.74) is 3.18. The van der Waals surface area contributed by atoms with Crippen LogP contribution in [0, 0.1) is 0 Å². The van der Waals surface area contributed by atoms with E-state index < -0.39 is 0 Å². The van der Waals surface area contributed by atoms with Crippen LogP contribution >= 0.6 is 23.4 Å². The molecule has 32 heavy (non-hydrogen) atoms. The van der Waals surface area contributed by atoms with Crippen LogP contribution in [0.3, 0.4) is 0 Å². The molecule has 0 spiro atoms. The minimum absolute atomic E-state index is 0.0481. The number of hydrogen-bond donors (Lipinski definition) is 2. The second kappa shape index (κ2) is 9.27. The van der Waals surface area contributed by atoms with Gasteiger partial charge < -0.3 is 20.1 Å². The average Bonchev–Trinajstić information content (AvgIpc) is 3.53. The van der Waals surface area contributed by atoms with Crippen LogP contribution in [0.25, 0.3) is 10.9 Å². The average molecular weight is 474 g/mol. The Morgan fingerprint density at radius 1 is 1.28 bits per heavy atom. The van der Waals surface area contributed by atoms with Gasteiger partial charge in [-0.05, 0) is 51.6 Å². The number of aromatic amines is 1. The quantitative estimate of drug-likeness (QED) is 0.644. The number of nitrogens with one attached hydrogen (secondary N) is 2. The van der Waals surface area contributed by atoms with Crippen LogP contribution in [0.5, 0.6) is 0 Å². The third-order valence-corrected chi connectivity index (χ3v) is 8.38. The third kappa shape index (κ3) is 4.66. The molecular weight excluding hydrogens is 442 g/mol. The molecule has 0 radical (unpaired) electrons. The highest BCUT2D eigenvalue weighted by Gasteiger charge is 2.30. The van der Waals surface area contributed by atoms with E-state index in [9.17, 15) is 4.79 Å². The van der Waals surface area contributed by atoms with E-state index >= 15 is 0 Å². The first-order chi connectivity index (χ1) is 15.5. The standard InChI is InChI=1S/C24H32ClN5OS/c1-29(2)19-7-8-30(13-19)22(31)12-18-14-32-24(27-18)21-10-15-9-16(25)11-20(23(15)28-21)26-17-5-3-4-6-17/h9-11,17-19,26,28H,3-8,12-14H2,1-2H3. The van der Waals surface area contributed by atoms with E-state index in [0.29, 0.717) is 18.5 Å². The van der Waals surface area contributed by atoms with E-state index in [1.807, 2.05) is 17.0 Å². The Morgan fingerprint density at radius 3 is 2.84 bits per heavy atom. The van der Waals surface area contributed by atoms with Gasteiger partial charge in [0, 0.05) is 41.3 Å². The van der Waals surface area contributed by atoms with Crippen molar-refractivity contribution in [1.82, 2.24) is 14.8 Å². The van der Waals surface area contributed by atoms with Gasteiger partial charge in [0.1, 0.15) is 5.04 Å². The summed E-state index contributed by atoms with van der Waals surface area (Å²) in [6.07, 6.45) is 6.56. The molecule has 3 aliphatic rings. The number of likely N-dealkylation sites (tertiary alicyclic amines) is 1. The normalized spacial score (nSPS) is 24.1. The lowest BCUT2D eigenvalue weighted by Gasteiger charge is -2.21. The molecule has 2 unspecified atom stereocenters.